The molecule has 44 heavy (non-hydrogen) atoms. The second kappa shape index (κ2) is 12.5. The molecule has 2 aliphatic rings. The predicted octanol–water partition coefficient (Wildman–Crippen LogP) is 6.97. The monoisotopic (exact) mass is 619 g/mol. The van der Waals surface area contributed by atoms with Crippen molar-refractivity contribution in [3.8, 4) is 5.75 Å². The van der Waals surface area contributed by atoms with Crippen LogP contribution in [0.3, 0.4) is 0 Å². The zero-order chi connectivity index (χ0) is 31.8. The summed E-state index contributed by atoms with van der Waals surface area (Å²) >= 11 is 1.21. The van der Waals surface area contributed by atoms with E-state index in [4.69, 9.17) is 4.74 Å². The molecular weight excluding hydrogens is 584 g/mol. The summed E-state index contributed by atoms with van der Waals surface area (Å²) in [6.07, 6.45) is -0.0138. The van der Waals surface area contributed by atoms with Crippen LogP contribution in [-0.2, 0) is 15.3 Å². The lowest BCUT2D eigenvalue weighted by molar-refractivity contribution is -0.118. The Kier molecular flexibility index (Phi) is 8.88. The fourth-order valence-corrected chi connectivity index (χ4v) is 6.66. The smallest absolute Gasteiger partial charge is 0.280 e. The van der Waals surface area contributed by atoms with Crippen molar-refractivity contribution in [2.45, 2.75) is 70.7 Å². The summed E-state index contributed by atoms with van der Waals surface area (Å²) < 4.78 is 32.4. The van der Waals surface area contributed by atoms with Crippen LogP contribution in [-0.4, -0.2) is 33.8 Å². The van der Waals surface area contributed by atoms with E-state index in [1.54, 1.807) is 32.4 Å². The number of allylic oxidation sites excluding steroid dienone is 3. The van der Waals surface area contributed by atoms with Gasteiger partial charge in [0.25, 0.3) is 12.3 Å². The van der Waals surface area contributed by atoms with Crippen LogP contribution < -0.4 is 15.4 Å². The quantitative estimate of drug-likeness (QED) is 0.206. The number of carbonyl (C=O) groups is 2. The highest BCUT2D eigenvalue weighted by molar-refractivity contribution is 7.98. The van der Waals surface area contributed by atoms with E-state index >= 15 is 0 Å². The van der Waals surface area contributed by atoms with Crippen molar-refractivity contribution in [1.29, 1.82) is 0 Å². The zero-order valence-electron chi connectivity index (χ0n) is 25.5. The van der Waals surface area contributed by atoms with Crippen LogP contribution in [0.25, 0.3) is 0 Å². The van der Waals surface area contributed by atoms with Crippen LogP contribution in [0.4, 0.5) is 14.6 Å². The van der Waals surface area contributed by atoms with Crippen LogP contribution in [0.15, 0.2) is 70.3 Å². The van der Waals surface area contributed by atoms with Crippen LogP contribution in [0.2, 0.25) is 0 Å². The zero-order valence-corrected chi connectivity index (χ0v) is 26.4. The molecule has 1 aliphatic heterocycles. The Bertz CT molecular complexity index is 1690. The number of Topliss-reactive ketones (excluding diaryl/α,β-unsaturated/α-hetero) is 1. The number of nitrogens with one attached hydrogen (secondary N) is 2. The van der Waals surface area contributed by atoms with Crippen molar-refractivity contribution in [1.82, 2.24) is 20.3 Å². The maximum atomic E-state index is 13.9. The lowest BCUT2D eigenvalue weighted by Crippen LogP contribution is -2.39. The summed E-state index contributed by atoms with van der Waals surface area (Å²) in [5, 5.41) is 6.52. The first-order valence-corrected chi connectivity index (χ1v) is 15.2. The third kappa shape index (κ3) is 6.67. The number of carbonyl (C=O) groups excluding carboxylic acids is 2. The molecule has 1 unspecified atom stereocenters. The Balaban J connectivity index is 1.56. The van der Waals surface area contributed by atoms with Gasteiger partial charge < -0.3 is 15.4 Å². The second-order valence-electron chi connectivity index (χ2n) is 12.0. The maximum absolute atomic E-state index is 13.9. The average Bonchev–Trinajstić information content (AvgIpc) is 2.95. The number of aromatic nitrogens is 3. The number of anilines is 1. The molecule has 0 bridgehead atoms. The molecule has 2 N–H and O–H groups in total. The van der Waals surface area contributed by atoms with Gasteiger partial charge in [0.1, 0.15) is 17.3 Å². The highest BCUT2D eigenvalue weighted by Crippen LogP contribution is 2.47. The van der Waals surface area contributed by atoms with Crippen molar-refractivity contribution >= 4 is 29.3 Å². The molecule has 5 rings (SSSR count). The molecule has 3 aromatic rings. The molecule has 0 spiro atoms. The third-order valence-corrected chi connectivity index (χ3v) is 8.61. The maximum Gasteiger partial charge on any atom is 0.280 e. The van der Waals surface area contributed by atoms with Crippen molar-refractivity contribution in [3.63, 3.8) is 0 Å². The van der Waals surface area contributed by atoms with E-state index in [1.165, 1.54) is 17.8 Å². The van der Waals surface area contributed by atoms with Crippen molar-refractivity contribution in [3.05, 3.63) is 93.2 Å². The number of rotatable bonds is 8. The Labute approximate surface area is 259 Å². The fourth-order valence-electron chi connectivity index (χ4n) is 5.77. The van der Waals surface area contributed by atoms with Gasteiger partial charge in [-0.25, -0.2) is 23.7 Å². The number of nitrogens with zero attached hydrogens (tertiary/aromatic N) is 3. The summed E-state index contributed by atoms with van der Waals surface area (Å²) in [4.78, 5) is 40.3. The average molecular weight is 620 g/mol. The number of alkyl halides is 2. The molecule has 0 saturated heterocycles. The Morgan fingerprint density at radius 3 is 2.59 bits per heavy atom. The molecule has 1 aliphatic carbocycles. The number of ketones is 1. The van der Waals surface area contributed by atoms with Gasteiger partial charge in [0, 0.05) is 58.1 Å². The fraction of sp³-hybridized carbons (Fsp3) is 0.364. The molecule has 0 fully saturated rings. The number of methoxy groups -OCH3 is 1. The van der Waals surface area contributed by atoms with Gasteiger partial charge in [-0.2, -0.15) is 0 Å². The molecule has 1 amide bonds. The first-order valence-electron chi connectivity index (χ1n) is 14.3. The molecule has 230 valence electrons. The second-order valence-corrected chi connectivity index (χ2v) is 12.9. The molecule has 8 nitrogen and oxygen atoms in total. The first-order chi connectivity index (χ1) is 20.8. The molecule has 11 heteroatoms. The third-order valence-electron chi connectivity index (χ3n) is 7.71. The van der Waals surface area contributed by atoms with Crippen LogP contribution in [0, 0.1) is 19.3 Å². The van der Waals surface area contributed by atoms with Crippen LogP contribution in [0.5, 0.6) is 5.75 Å². The first kappa shape index (κ1) is 31.3. The SMILES string of the molecule is COc1ccc(C2C(C(=O)Nc3ccc(C)cn3)=C(C)NC3=C2C(=O)CC(C)(C)C3)cc1CSc1nc(C)cc(C(F)F)n1. The van der Waals surface area contributed by atoms with Gasteiger partial charge in [0.05, 0.1) is 7.11 Å². The molecule has 1 atom stereocenters. The van der Waals surface area contributed by atoms with Crippen LogP contribution >= 0.6 is 11.8 Å². The van der Waals surface area contributed by atoms with Gasteiger partial charge in [-0.3, -0.25) is 9.59 Å². The largest absolute Gasteiger partial charge is 0.496 e. The lowest BCUT2D eigenvalue weighted by Gasteiger charge is -2.39. The van der Waals surface area contributed by atoms with Gasteiger partial charge in [0.15, 0.2) is 10.9 Å². The standard InChI is InChI=1S/C33H35F2N5O3S/c1-17-7-10-26(36-15-17)40-31(42)27-19(3)38-23-13-33(4,5)14-24(41)29(23)28(27)20-8-9-25(43-6)21(12-20)16-44-32-37-18(2)11-22(39-32)30(34)35/h7-12,15,28,30,38H,13-14,16H2,1-6H3,(H,36,40,42). The van der Waals surface area contributed by atoms with E-state index in [1.807, 2.05) is 32.0 Å². The number of dihydropyridines is 1. The summed E-state index contributed by atoms with van der Waals surface area (Å²) in [5.74, 6) is 0.287. The number of ether oxygens (including phenoxy) is 1. The molecule has 3 heterocycles. The van der Waals surface area contributed by atoms with E-state index in [-0.39, 0.29) is 28.0 Å². The van der Waals surface area contributed by atoms with Gasteiger partial charge in [0.2, 0.25) is 0 Å². The molecule has 2 aromatic heterocycles. The van der Waals surface area contributed by atoms with Gasteiger partial charge in [-0.05, 0) is 61.9 Å². The minimum Gasteiger partial charge on any atom is -0.496 e. The normalized spacial score (nSPS) is 17.8. The van der Waals surface area contributed by atoms with E-state index < -0.39 is 12.3 Å². The van der Waals surface area contributed by atoms with Crippen molar-refractivity contribution in [2.75, 3.05) is 12.4 Å². The Morgan fingerprint density at radius 1 is 1.14 bits per heavy atom. The van der Waals surface area contributed by atoms with Gasteiger partial charge in [-0.1, -0.05) is 43.8 Å². The van der Waals surface area contributed by atoms with Crippen molar-refractivity contribution in [2.24, 2.45) is 5.41 Å². The number of amides is 1. The number of hydrogen-bond acceptors (Lipinski definition) is 8. The minimum atomic E-state index is -2.70. The number of halogens is 2. The Hall–Kier alpha value is -4.12. The van der Waals surface area contributed by atoms with Gasteiger partial charge in [-0.15, -0.1) is 0 Å². The number of pyridine rings is 1. The Morgan fingerprint density at radius 2 is 1.91 bits per heavy atom. The highest BCUT2D eigenvalue weighted by Gasteiger charge is 2.43. The van der Waals surface area contributed by atoms with Crippen molar-refractivity contribution < 1.29 is 23.1 Å². The topological polar surface area (TPSA) is 106 Å². The molecule has 1 aromatic carbocycles. The van der Waals surface area contributed by atoms with Gasteiger partial charge >= 0.3 is 0 Å². The highest BCUT2D eigenvalue weighted by atomic mass is 32.2. The summed E-state index contributed by atoms with van der Waals surface area (Å²) in [7, 11) is 1.55. The van der Waals surface area contributed by atoms with E-state index in [9.17, 15) is 18.4 Å². The summed E-state index contributed by atoms with van der Waals surface area (Å²) in [6.45, 7) is 9.53. The summed E-state index contributed by atoms with van der Waals surface area (Å²) in [6, 6.07) is 10.5. The number of thioether (sulfide) groups is 1. The van der Waals surface area contributed by atoms with E-state index in [0.29, 0.717) is 52.7 Å². The number of benzene rings is 1. The minimum absolute atomic E-state index is 0.0144. The number of aryl methyl sites for hydroxylation is 2. The van der Waals surface area contributed by atoms with E-state index in [2.05, 4.69) is 39.4 Å². The predicted molar refractivity (Wildman–Crippen MR) is 166 cm³/mol. The van der Waals surface area contributed by atoms with E-state index in [0.717, 1.165) is 22.4 Å². The van der Waals surface area contributed by atoms with Crippen LogP contribution in [0.1, 0.15) is 74.0 Å². The molecule has 0 radical (unpaired) electrons. The lowest BCUT2D eigenvalue weighted by atomic mass is 9.68. The molecular formula is C33H35F2N5O3S. The number of hydrogen-bond donors (Lipinski definition) is 2. The molecule has 0 saturated carbocycles. The summed E-state index contributed by atoms with van der Waals surface area (Å²) in [5.41, 5.74) is 4.82.